The minimum absolute atomic E-state index is 0.162. The van der Waals surface area contributed by atoms with Crippen LogP contribution in [0, 0.1) is 0 Å². The maximum Gasteiger partial charge on any atom is 0.250 e. The molecule has 2 aromatic rings. The average Bonchev–Trinajstić information content (AvgIpc) is 2.94. The van der Waals surface area contributed by atoms with Crippen molar-refractivity contribution in [1.82, 2.24) is 5.43 Å². The third-order valence-corrected chi connectivity index (χ3v) is 3.72. The summed E-state index contributed by atoms with van der Waals surface area (Å²) >= 11 is 7.52. The summed E-state index contributed by atoms with van der Waals surface area (Å²) in [5.74, 6) is 1.44. The molecule has 1 amide bonds. The lowest BCUT2D eigenvalue weighted by Gasteiger charge is -2.03. The van der Waals surface area contributed by atoms with E-state index in [1.54, 1.807) is 18.4 Å². The van der Waals surface area contributed by atoms with Gasteiger partial charge in [0.15, 0.2) is 0 Å². The molecule has 0 saturated carbocycles. The van der Waals surface area contributed by atoms with E-state index in [9.17, 15) is 4.79 Å². The average molecular weight is 309 g/mol. The van der Waals surface area contributed by atoms with Gasteiger partial charge in [0.05, 0.1) is 18.2 Å². The van der Waals surface area contributed by atoms with Crippen molar-refractivity contribution in [2.75, 3.05) is 5.75 Å². The number of halogens is 1. The largest absolute Gasteiger partial charge is 0.463 e. The summed E-state index contributed by atoms with van der Waals surface area (Å²) < 4.78 is 5.05. The molecule has 1 heterocycles. The Labute approximate surface area is 126 Å². The topological polar surface area (TPSA) is 54.6 Å². The number of rotatable bonds is 6. The van der Waals surface area contributed by atoms with Crippen molar-refractivity contribution in [1.29, 1.82) is 0 Å². The third kappa shape index (κ3) is 4.75. The molecular weight excluding hydrogens is 296 g/mol. The summed E-state index contributed by atoms with van der Waals surface area (Å²) in [5.41, 5.74) is 3.46. The van der Waals surface area contributed by atoms with Gasteiger partial charge < -0.3 is 4.42 Å². The van der Waals surface area contributed by atoms with Crippen LogP contribution in [-0.4, -0.2) is 17.9 Å². The number of amides is 1. The fraction of sp³-hybridized carbons (Fsp3) is 0.143. The van der Waals surface area contributed by atoms with Crippen LogP contribution >= 0.6 is 23.4 Å². The van der Waals surface area contributed by atoms with Gasteiger partial charge in [-0.15, -0.1) is 11.8 Å². The lowest BCUT2D eigenvalue weighted by atomic mass is 10.2. The zero-order valence-corrected chi connectivity index (χ0v) is 12.2. The first-order valence-corrected chi connectivity index (χ1v) is 7.45. The first kappa shape index (κ1) is 14.7. The van der Waals surface area contributed by atoms with E-state index in [-0.39, 0.29) is 5.91 Å². The predicted octanol–water partition coefficient (Wildman–Crippen LogP) is 3.32. The number of thioether (sulfide) groups is 1. The maximum atomic E-state index is 11.5. The van der Waals surface area contributed by atoms with Crippen LogP contribution in [0.5, 0.6) is 0 Å². The van der Waals surface area contributed by atoms with Gasteiger partial charge >= 0.3 is 0 Å². The summed E-state index contributed by atoms with van der Waals surface area (Å²) in [7, 11) is 0. The normalized spacial score (nSPS) is 10.8. The second-order valence-electron chi connectivity index (χ2n) is 3.89. The highest BCUT2D eigenvalue weighted by atomic mass is 35.5. The summed E-state index contributed by atoms with van der Waals surface area (Å²) in [6, 6.07) is 11.1. The lowest BCUT2D eigenvalue weighted by molar-refractivity contribution is -0.118. The molecule has 0 unspecified atom stereocenters. The number of benzene rings is 1. The standard InChI is InChI=1S/C14H13ClN2O2S/c15-13-6-2-1-4-11(13)9-20-10-14(18)17-16-8-12-5-3-7-19-12/h1-8H,9-10H2,(H,17,18). The van der Waals surface area contributed by atoms with Crippen molar-refractivity contribution < 1.29 is 9.21 Å². The summed E-state index contributed by atoms with van der Waals surface area (Å²) in [5, 5.41) is 4.52. The molecular formula is C14H13ClN2O2S. The van der Waals surface area contributed by atoms with E-state index in [4.69, 9.17) is 16.0 Å². The Morgan fingerprint density at radius 1 is 1.35 bits per heavy atom. The number of furan rings is 1. The van der Waals surface area contributed by atoms with Crippen molar-refractivity contribution in [3.63, 3.8) is 0 Å². The Balaban J connectivity index is 1.69. The summed E-state index contributed by atoms with van der Waals surface area (Å²) in [6.07, 6.45) is 3.00. The van der Waals surface area contributed by atoms with Gasteiger partial charge in [-0.3, -0.25) is 4.79 Å². The van der Waals surface area contributed by atoms with Crippen LogP contribution in [0.1, 0.15) is 11.3 Å². The number of carbonyl (C=O) groups excluding carboxylic acids is 1. The quantitative estimate of drug-likeness (QED) is 0.658. The van der Waals surface area contributed by atoms with Crippen molar-refractivity contribution in [3.05, 3.63) is 59.0 Å². The zero-order valence-electron chi connectivity index (χ0n) is 10.6. The summed E-state index contributed by atoms with van der Waals surface area (Å²) in [4.78, 5) is 11.5. The number of hydrazone groups is 1. The van der Waals surface area contributed by atoms with E-state index in [0.717, 1.165) is 10.6 Å². The van der Waals surface area contributed by atoms with E-state index < -0.39 is 0 Å². The second kappa shape index (κ2) is 7.77. The van der Waals surface area contributed by atoms with E-state index in [0.29, 0.717) is 17.3 Å². The molecule has 2 rings (SSSR count). The Morgan fingerprint density at radius 3 is 2.95 bits per heavy atom. The fourth-order valence-corrected chi connectivity index (χ4v) is 2.54. The lowest BCUT2D eigenvalue weighted by Crippen LogP contribution is -2.19. The molecule has 1 aromatic heterocycles. The van der Waals surface area contributed by atoms with Gasteiger partial charge in [-0.1, -0.05) is 29.8 Å². The first-order valence-electron chi connectivity index (χ1n) is 5.92. The van der Waals surface area contributed by atoms with Gasteiger partial charge in [-0.2, -0.15) is 5.10 Å². The van der Waals surface area contributed by atoms with Crippen molar-refractivity contribution in [2.45, 2.75) is 5.75 Å². The Morgan fingerprint density at radius 2 is 2.20 bits per heavy atom. The highest BCUT2D eigenvalue weighted by Crippen LogP contribution is 2.20. The highest BCUT2D eigenvalue weighted by molar-refractivity contribution is 7.99. The van der Waals surface area contributed by atoms with Crippen LogP contribution in [0.15, 0.2) is 52.2 Å². The van der Waals surface area contributed by atoms with E-state index in [2.05, 4.69) is 10.5 Å². The van der Waals surface area contributed by atoms with E-state index in [1.165, 1.54) is 18.0 Å². The van der Waals surface area contributed by atoms with Gasteiger partial charge in [0.2, 0.25) is 5.91 Å². The van der Waals surface area contributed by atoms with Gasteiger partial charge in [0.1, 0.15) is 5.76 Å². The molecule has 0 saturated heterocycles. The first-order chi connectivity index (χ1) is 9.75. The summed E-state index contributed by atoms with van der Waals surface area (Å²) in [6.45, 7) is 0. The monoisotopic (exact) mass is 308 g/mol. The molecule has 0 fully saturated rings. The molecule has 0 bridgehead atoms. The van der Waals surface area contributed by atoms with Crippen molar-refractivity contribution in [2.24, 2.45) is 5.10 Å². The molecule has 104 valence electrons. The van der Waals surface area contributed by atoms with Gasteiger partial charge in [-0.25, -0.2) is 5.43 Å². The Bertz CT molecular complexity index is 585. The molecule has 0 aliphatic carbocycles. The fourth-order valence-electron chi connectivity index (χ4n) is 1.43. The van der Waals surface area contributed by atoms with Crippen LogP contribution in [0.3, 0.4) is 0 Å². The van der Waals surface area contributed by atoms with Crippen LogP contribution in [0.2, 0.25) is 5.02 Å². The smallest absolute Gasteiger partial charge is 0.250 e. The number of carbonyl (C=O) groups is 1. The molecule has 1 aromatic carbocycles. The van der Waals surface area contributed by atoms with Crippen LogP contribution in [-0.2, 0) is 10.5 Å². The molecule has 0 aliphatic rings. The van der Waals surface area contributed by atoms with Gasteiger partial charge in [0, 0.05) is 10.8 Å². The van der Waals surface area contributed by atoms with Gasteiger partial charge in [-0.05, 0) is 23.8 Å². The van der Waals surface area contributed by atoms with Crippen LogP contribution in [0.4, 0.5) is 0 Å². The molecule has 20 heavy (non-hydrogen) atoms. The highest BCUT2D eigenvalue weighted by Gasteiger charge is 2.03. The zero-order chi connectivity index (χ0) is 14.2. The second-order valence-corrected chi connectivity index (χ2v) is 5.29. The number of hydrogen-bond acceptors (Lipinski definition) is 4. The van der Waals surface area contributed by atoms with Gasteiger partial charge in [0.25, 0.3) is 0 Å². The molecule has 0 spiro atoms. The third-order valence-electron chi connectivity index (χ3n) is 2.37. The molecule has 6 heteroatoms. The van der Waals surface area contributed by atoms with E-state index in [1.807, 2.05) is 24.3 Å². The number of nitrogens with one attached hydrogen (secondary N) is 1. The van der Waals surface area contributed by atoms with Crippen molar-refractivity contribution in [3.8, 4) is 0 Å². The SMILES string of the molecule is O=C(CSCc1ccccc1Cl)NN=Cc1ccco1. The predicted molar refractivity (Wildman–Crippen MR) is 82.1 cm³/mol. The van der Waals surface area contributed by atoms with Crippen LogP contribution in [0.25, 0.3) is 0 Å². The minimum Gasteiger partial charge on any atom is -0.463 e. The minimum atomic E-state index is -0.162. The number of hydrogen-bond donors (Lipinski definition) is 1. The van der Waals surface area contributed by atoms with Crippen molar-refractivity contribution >= 4 is 35.5 Å². The molecule has 1 N–H and O–H groups in total. The maximum absolute atomic E-state index is 11.5. The molecule has 0 atom stereocenters. The molecule has 0 aliphatic heterocycles. The molecule has 0 radical (unpaired) electrons. The number of nitrogens with zero attached hydrogens (tertiary/aromatic N) is 1. The Hall–Kier alpha value is -1.72. The molecule has 4 nitrogen and oxygen atoms in total. The van der Waals surface area contributed by atoms with E-state index >= 15 is 0 Å². The van der Waals surface area contributed by atoms with Crippen LogP contribution < -0.4 is 5.43 Å². The Kier molecular flexibility index (Phi) is 5.70.